The number of thiazole rings is 1. The Balaban J connectivity index is 1.77. The Kier molecular flexibility index (Phi) is 4.94. The van der Waals surface area contributed by atoms with Gasteiger partial charge in [-0.1, -0.05) is 11.6 Å². The van der Waals surface area contributed by atoms with Gasteiger partial charge in [0.05, 0.1) is 15.0 Å². The highest BCUT2D eigenvalue weighted by atomic mass is 35.5. The molecule has 2 heterocycles. The van der Waals surface area contributed by atoms with Gasteiger partial charge in [-0.3, -0.25) is 0 Å². The largest absolute Gasteiger partial charge is 0.330 e. The first-order chi connectivity index (χ1) is 8.28. The van der Waals surface area contributed by atoms with Crippen LogP contribution in [0.2, 0.25) is 4.34 Å². The van der Waals surface area contributed by atoms with Gasteiger partial charge in [-0.25, -0.2) is 4.98 Å². The quantitative estimate of drug-likeness (QED) is 0.859. The normalized spacial score (nSPS) is 10.9. The van der Waals surface area contributed by atoms with Crippen molar-refractivity contribution in [3.05, 3.63) is 37.4 Å². The summed E-state index contributed by atoms with van der Waals surface area (Å²) in [4.78, 5) is 5.73. The Morgan fingerprint density at radius 2 is 2.24 bits per heavy atom. The Hall–Kier alpha value is -0.460. The van der Waals surface area contributed by atoms with E-state index in [1.165, 1.54) is 4.88 Å². The molecular formula is C11H14ClN3S2. The number of halogens is 1. The predicted octanol–water partition coefficient (Wildman–Crippen LogP) is 2.65. The average Bonchev–Trinajstić information content (AvgIpc) is 2.89. The highest BCUT2D eigenvalue weighted by Crippen LogP contribution is 2.21. The zero-order valence-corrected chi connectivity index (χ0v) is 11.7. The van der Waals surface area contributed by atoms with Crippen LogP contribution in [0.5, 0.6) is 0 Å². The van der Waals surface area contributed by atoms with Gasteiger partial charge in [0.1, 0.15) is 0 Å². The average molecular weight is 288 g/mol. The zero-order valence-electron chi connectivity index (χ0n) is 9.28. The number of aromatic nitrogens is 1. The SMILES string of the molecule is NCCc1nc(CNCc2ccc(Cl)s2)cs1. The fourth-order valence-electron chi connectivity index (χ4n) is 1.43. The zero-order chi connectivity index (χ0) is 12.1. The van der Waals surface area contributed by atoms with Crippen LogP contribution in [0.3, 0.4) is 0 Å². The minimum atomic E-state index is 0.661. The van der Waals surface area contributed by atoms with Gasteiger partial charge >= 0.3 is 0 Å². The van der Waals surface area contributed by atoms with Crippen molar-refractivity contribution in [2.75, 3.05) is 6.54 Å². The highest BCUT2D eigenvalue weighted by molar-refractivity contribution is 7.16. The van der Waals surface area contributed by atoms with E-state index in [4.69, 9.17) is 17.3 Å². The standard InChI is InChI=1S/C11H14ClN3S2/c12-10-2-1-9(17-10)6-14-5-8-7-16-11(15-8)3-4-13/h1-2,7,14H,3-6,13H2. The number of thiophene rings is 1. The first kappa shape index (κ1) is 13.0. The molecule has 0 bridgehead atoms. The van der Waals surface area contributed by atoms with Crippen molar-refractivity contribution in [1.82, 2.24) is 10.3 Å². The summed E-state index contributed by atoms with van der Waals surface area (Å²) in [5.41, 5.74) is 6.57. The van der Waals surface area contributed by atoms with Gasteiger partial charge in [-0.15, -0.1) is 22.7 Å². The van der Waals surface area contributed by atoms with Crippen molar-refractivity contribution >= 4 is 34.3 Å². The summed E-state index contributed by atoms with van der Waals surface area (Å²) in [6.07, 6.45) is 0.866. The summed E-state index contributed by atoms with van der Waals surface area (Å²) in [5.74, 6) is 0. The lowest BCUT2D eigenvalue weighted by atomic mass is 10.4. The Morgan fingerprint density at radius 3 is 2.94 bits per heavy atom. The molecule has 0 spiro atoms. The molecule has 0 saturated heterocycles. The van der Waals surface area contributed by atoms with Crippen molar-refractivity contribution in [2.45, 2.75) is 19.5 Å². The van der Waals surface area contributed by atoms with E-state index in [2.05, 4.69) is 15.7 Å². The smallest absolute Gasteiger partial charge is 0.0941 e. The molecule has 0 aromatic carbocycles. The topological polar surface area (TPSA) is 50.9 Å². The van der Waals surface area contributed by atoms with Crippen LogP contribution in [0.25, 0.3) is 0 Å². The third-order valence-corrected chi connectivity index (χ3v) is 4.38. The molecule has 0 aliphatic carbocycles. The lowest BCUT2D eigenvalue weighted by Gasteiger charge is -1.99. The fourth-order valence-corrected chi connectivity index (χ4v) is 3.30. The van der Waals surface area contributed by atoms with Crippen LogP contribution >= 0.6 is 34.3 Å². The van der Waals surface area contributed by atoms with Crippen LogP contribution in [0.4, 0.5) is 0 Å². The molecule has 0 radical (unpaired) electrons. The van der Waals surface area contributed by atoms with Crippen LogP contribution in [0.15, 0.2) is 17.5 Å². The van der Waals surface area contributed by atoms with Crippen LogP contribution in [0.1, 0.15) is 15.6 Å². The molecule has 3 N–H and O–H groups in total. The molecule has 17 heavy (non-hydrogen) atoms. The first-order valence-electron chi connectivity index (χ1n) is 5.36. The van der Waals surface area contributed by atoms with Crippen LogP contribution in [0, 0.1) is 0 Å². The van der Waals surface area contributed by atoms with Crippen molar-refractivity contribution < 1.29 is 0 Å². The molecule has 0 saturated carbocycles. The Labute approximate surface area is 114 Å². The van der Waals surface area contributed by atoms with E-state index >= 15 is 0 Å². The number of rotatable bonds is 6. The lowest BCUT2D eigenvalue weighted by Crippen LogP contribution is -2.12. The van der Waals surface area contributed by atoms with Gasteiger partial charge in [0, 0.05) is 29.8 Å². The van der Waals surface area contributed by atoms with E-state index in [0.29, 0.717) is 6.54 Å². The van der Waals surface area contributed by atoms with Crippen molar-refractivity contribution in [3.8, 4) is 0 Å². The molecule has 0 atom stereocenters. The van der Waals surface area contributed by atoms with E-state index in [0.717, 1.165) is 34.5 Å². The minimum absolute atomic E-state index is 0.661. The predicted molar refractivity (Wildman–Crippen MR) is 74.7 cm³/mol. The maximum absolute atomic E-state index is 5.86. The Morgan fingerprint density at radius 1 is 1.35 bits per heavy atom. The monoisotopic (exact) mass is 287 g/mol. The molecule has 0 unspecified atom stereocenters. The number of nitrogens with two attached hydrogens (primary N) is 1. The summed E-state index contributed by atoms with van der Waals surface area (Å²) in [6.45, 7) is 2.28. The van der Waals surface area contributed by atoms with Crippen LogP contribution < -0.4 is 11.1 Å². The molecule has 2 aromatic heterocycles. The van der Waals surface area contributed by atoms with Crippen LogP contribution in [-0.4, -0.2) is 11.5 Å². The minimum Gasteiger partial charge on any atom is -0.330 e. The maximum atomic E-state index is 5.86. The molecule has 0 aliphatic heterocycles. The van der Waals surface area contributed by atoms with Crippen molar-refractivity contribution in [1.29, 1.82) is 0 Å². The van der Waals surface area contributed by atoms with Gasteiger partial charge in [0.15, 0.2) is 0 Å². The van der Waals surface area contributed by atoms with Gasteiger partial charge < -0.3 is 11.1 Å². The fraction of sp³-hybridized carbons (Fsp3) is 0.364. The number of hydrogen-bond donors (Lipinski definition) is 2. The maximum Gasteiger partial charge on any atom is 0.0941 e. The van der Waals surface area contributed by atoms with E-state index in [1.54, 1.807) is 22.7 Å². The molecule has 0 amide bonds. The third kappa shape index (κ3) is 4.04. The van der Waals surface area contributed by atoms with Crippen molar-refractivity contribution in [3.63, 3.8) is 0 Å². The lowest BCUT2D eigenvalue weighted by molar-refractivity contribution is 0.687. The van der Waals surface area contributed by atoms with E-state index in [-0.39, 0.29) is 0 Å². The molecule has 0 fully saturated rings. The second-order valence-electron chi connectivity index (χ2n) is 3.58. The summed E-state index contributed by atoms with van der Waals surface area (Å²) in [6, 6.07) is 3.96. The summed E-state index contributed by atoms with van der Waals surface area (Å²) in [5, 5.41) is 6.55. The van der Waals surface area contributed by atoms with Gasteiger partial charge in [0.2, 0.25) is 0 Å². The number of nitrogens with zero attached hydrogens (tertiary/aromatic N) is 1. The van der Waals surface area contributed by atoms with Crippen molar-refractivity contribution in [2.24, 2.45) is 5.73 Å². The van der Waals surface area contributed by atoms with Gasteiger partial charge in [-0.2, -0.15) is 0 Å². The molecule has 6 heteroatoms. The van der Waals surface area contributed by atoms with E-state index < -0.39 is 0 Å². The summed E-state index contributed by atoms with van der Waals surface area (Å²) < 4.78 is 0.834. The number of nitrogens with one attached hydrogen (secondary N) is 1. The van der Waals surface area contributed by atoms with Crippen LogP contribution in [-0.2, 0) is 19.5 Å². The number of hydrogen-bond acceptors (Lipinski definition) is 5. The third-order valence-electron chi connectivity index (χ3n) is 2.19. The molecule has 0 aliphatic rings. The van der Waals surface area contributed by atoms with E-state index in [9.17, 15) is 0 Å². The molecular weight excluding hydrogens is 274 g/mol. The van der Waals surface area contributed by atoms with Gasteiger partial charge in [-0.05, 0) is 18.7 Å². The second-order valence-corrected chi connectivity index (χ2v) is 6.32. The summed E-state index contributed by atoms with van der Waals surface area (Å²) >= 11 is 9.14. The molecule has 3 nitrogen and oxygen atoms in total. The molecule has 2 rings (SSSR count). The molecule has 2 aromatic rings. The molecule has 92 valence electrons. The van der Waals surface area contributed by atoms with E-state index in [1.807, 2.05) is 12.1 Å². The first-order valence-corrected chi connectivity index (χ1v) is 7.43. The summed E-state index contributed by atoms with van der Waals surface area (Å²) in [7, 11) is 0. The highest BCUT2D eigenvalue weighted by Gasteiger charge is 2.02. The second kappa shape index (κ2) is 6.47. The van der Waals surface area contributed by atoms with Gasteiger partial charge in [0.25, 0.3) is 0 Å². The Bertz CT molecular complexity index is 467.